The van der Waals surface area contributed by atoms with Crippen molar-refractivity contribution in [2.75, 3.05) is 7.11 Å². The second kappa shape index (κ2) is 21.4. The van der Waals surface area contributed by atoms with Gasteiger partial charge in [-0.05, 0) is 85.3 Å². The van der Waals surface area contributed by atoms with E-state index in [4.69, 9.17) is 14.2 Å². The number of aliphatic carboxylic acids is 1. The number of hydrogen-bond acceptors (Lipinski definition) is 6. The van der Waals surface area contributed by atoms with E-state index in [0.29, 0.717) is 13.2 Å². The number of carboxylic acids is 1. The van der Waals surface area contributed by atoms with Crippen LogP contribution in [0, 0.1) is 37.5 Å². The van der Waals surface area contributed by atoms with Crippen LogP contribution in [0.15, 0.2) is 97.1 Å². The molecule has 0 saturated heterocycles. The first-order chi connectivity index (χ1) is 22.7. The predicted octanol–water partition coefficient (Wildman–Crippen LogP) is 4.07. The van der Waals surface area contributed by atoms with Crippen LogP contribution in [0.5, 0.6) is 11.5 Å². The van der Waals surface area contributed by atoms with E-state index in [1.807, 2.05) is 78.9 Å². The molecule has 0 aliphatic heterocycles. The topological polar surface area (TPSA) is 84.9 Å². The molecule has 0 spiro atoms. The Morgan fingerprint density at radius 1 is 0.646 bits per heavy atom. The van der Waals surface area contributed by atoms with Crippen LogP contribution in [0.3, 0.4) is 0 Å². The van der Waals surface area contributed by atoms with Gasteiger partial charge < -0.3 is 24.1 Å². The molecule has 242 valence electrons. The van der Waals surface area contributed by atoms with Gasteiger partial charge in [0.1, 0.15) is 24.7 Å². The van der Waals surface area contributed by atoms with Gasteiger partial charge in [-0.1, -0.05) is 84.6 Å². The van der Waals surface area contributed by atoms with Crippen molar-refractivity contribution >= 4 is 11.9 Å². The van der Waals surface area contributed by atoms with E-state index in [2.05, 4.69) is 55.7 Å². The summed E-state index contributed by atoms with van der Waals surface area (Å²) >= 11 is 0. The number of rotatable bonds is 12. The molecule has 0 aliphatic carbocycles. The number of esters is 1. The number of carbonyl (C=O) groups excluding carboxylic acids is 2. The maximum Gasteiger partial charge on any atom is 1.00 e. The fourth-order valence-electron chi connectivity index (χ4n) is 4.73. The van der Waals surface area contributed by atoms with Gasteiger partial charge >= 0.3 is 35.5 Å². The maximum absolute atomic E-state index is 11.5. The van der Waals surface area contributed by atoms with Gasteiger partial charge in [0.25, 0.3) is 0 Å². The van der Waals surface area contributed by atoms with Crippen molar-refractivity contribution in [2.24, 2.45) is 0 Å². The van der Waals surface area contributed by atoms with Gasteiger partial charge in [-0.25, -0.2) is 0 Å². The summed E-state index contributed by atoms with van der Waals surface area (Å²) in [6, 6.07) is 31.3. The summed E-state index contributed by atoms with van der Waals surface area (Å²) in [5, 5.41) is 10.8. The Kier molecular flexibility index (Phi) is 17.7. The summed E-state index contributed by atoms with van der Waals surface area (Å²) < 4.78 is 16.4. The first kappa shape index (κ1) is 39.7. The number of carbonyl (C=O) groups is 2. The summed E-state index contributed by atoms with van der Waals surface area (Å²) in [7, 11) is 1.39. The molecule has 0 radical (unpaired) electrons. The van der Waals surface area contributed by atoms with E-state index in [1.165, 1.54) is 23.8 Å². The van der Waals surface area contributed by atoms with Gasteiger partial charge in [0.15, 0.2) is 0 Å². The van der Waals surface area contributed by atoms with E-state index in [0.717, 1.165) is 28.2 Å². The number of methoxy groups -OCH3 is 1. The molecule has 0 aliphatic rings. The Balaban J connectivity index is 0.000000327. The monoisotopic (exact) mass is 652 g/mol. The molecule has 0 unspecified atom stereocenters. The van der Waals surface area contributed by atoms with Crippen molar-refractivity contribution in [3.63, 3.8) is 0 Å². The number of aryl methyl sites for hydroxylation is 2. The van der Waals surface area contributed by atoms with Crippen molar-refractivity contribution in [2.45, 2.75) is 65.6 Å². The van der Waals surface area contributed by atoms with Crippen LogP contribution in [0.25, 0.3) is 0 Å². The Hall–Kier alpha value is -4.46. The molecule has 4 rings (SSSR count). The summed E-state index contributed by atoms with van der Waals surface area (Å²) in [5.41, 5.74) is 6.55. The Bertz CT molecular complexity index is 1720. The minimum Gasteiger partial charge on any atom is -0.550 e. The second-order valence-electron chi connectivity index (χ2n) is 10.8. The quantitative estimate of drug-likeness (QED) is 0.130. The first-order valence-electron chi connectivity index (χ1n) is 15.4. The van der Waals surface area contributed by atoms with E-state index < -0.39 is 5.97 Å². The third-order valence-electron chi connectivity index (χ3n) is 7.48. The third kappa shape index (κ3) is 13.3. The van der Waals surface area contributed by atoms with Crippen LogP contribution >= 0.6 is 0 Å². The molecule has 0 N–H and O–H groups in total. The SMILES string of the molecule is CC#C[C@H](CC(=O)OC)c1ccc(OCc2ccccc2C)cc1.CC#C[C@H](CC(=O)[O-])c1ccc(OCc2ccccc2C)cc1.[Na+]. The van der Waals surface area contributed by atoms with Crippen molar-refractivity contribution < 1.29 is 58.5 Å². The van der Waals surface area contributed by atoms with E-state index in [-0.39, 0.29) is 60.2 Å². The molecule has 0 heterocycles. The average Bonchev–Trinajstić information content (AvgIpc) is 3.08. The normalized spacial score (nSPS) is 10.9. The molecular formula is C41H41NaO6. The van der Waals surface area contributed by atoms with Crippen LogP contribution in [0.2, 0.25) is 0 Å². The maximum atomic E-state index is 11.5. The van der Waals surface area contributed by atoms with E-state index in [9.17, 15) is 14.7 Å². The van der Waals surface area contributed by atoms with Gasteiger partial charge in [-0.3, -0.25) is 4.79 Å². The summed E-state index contributed by atoms with van der Waals surface area (Å²) in [6.45, 7) is 8.62. The molecule has 4 aromatic carbocycles. The number of hydrogen-bond donors (Lipinski definition) is 0. The van der Waals surface area contributed by atoms with Crippen LogP contribution in [0.1, 0.15) is 71.9 Å². The van der Waals surface area contributed by atoms with E-state index >= 15 is 0 Å². The van der Waals surface area contributed by atoms with Crippen molar-refractivity contribution in [3.05, 3.63) is 130 Å². The molecule has 4 aromatic rings. The van der Waals surface area contributed by atoms with Gasteiger partial charge in [0.05, 0.1) is 25.4 Å². The number of ether oxygens (including phenoxy) is 3. The molecule has 7 heteroatoms. The molecule has 0 bridgehead atoms. The van der Waals surface area contributed by atoms with Crippen LogP contribution in [0.4, 0.5) is 0 Å². The summed E-state index contributed by atoms with van der Waals surface area (Å²) in [6.07, 6.45) is 0.144. The van der Waals surface area contributed by atoms with Crippen LogP contribution < -0.4 is 44.1 Å². The molecule has 0 fully saturated rings. The zero-order valence-corrected chi connectivity index (χ0v) is 30.7. The number of benzene rings is 4. The predicted molar refractivity (Wildman–Crippen MR) is 183 cm³/mol. The Morgan fingerprint density at radius 2 is 1.04 bits per heavy atom. The molecule has 48 heavy (non-hydrogen) atoms. The first-order valence-corrected chi connectivity index (χ1v) is 15.4. The minimum absolute atomic E-state index is 0. The summed E-state index contributed by atoms with van der Waals surface area (Å²) in [4.78, 5) is 22.3. The van der Waals surface area contributed by atoms with Gasteiger partial charge in [-0.15, -0.1) is 11.8 Å². The largest absolute Gasteiger partial charge is 1.00 e. The Labute approximate surface area is 307 Å². The van der Waals surface area contributed by atoms with Crippen molar-refractivity contribution in [1.29, 1.82) is 0 Å². The third-order valence-corrected chi connectivity index (χ3v) is 7.48. The minimum atomic E-state index is -1.10. The van der Waals surface area contributed by atoms with Gasteiger partial charge in [0, 0.05) is 12.4 Å². The number of carboxylic acid groups (broad SMARTS) is 1. The van der Waals surface area contributed by atoms with Crippen molar-refractivity contribution in [3.8, 4) is 35.2 Å². The van der Waals surface area contributed by atoms with Crippen LogP contribution in [-0.2, 0) is 27.5 Å². The van der Waals surface area contributed by atoms with Crippen molar-refractivity contribution in [1.82, 2.24) is 0 Å². The molecule has 0 amide bonds. The van der Waals surface area contributed by atoms with E-state index in [1.54, 1.807) is 13.8 Å². The molecule has 2 atom stereocenters. The molecule has 0 saturated carbocycles. The molecule has 0 aromatic heterocycles. The molecular weight excluding hydrogens is 611 g/mol. The second-order valence-corrected chi connectivity index (χ2v) is 10.8. The fourth-order valence-corrected chi connectivity index (χ4v) is 4.73. The van der Waals surface area contributed by atoms with Gasteiger partial charge in [-0.2, -0.15) is 0 Å². The average molecular weight is 653 g/mol. The van der Waals surface area contributed by atoms with Crippen LogP contribution in [-0.4, -0.2) is 19.0 Å². The zero-order valence-electron chi connectivity index (χ0n) is 28.7. The molecule has 6 nitrogen and oxygen atoms in total. The van der Waals surface area contributed by atoms with Gasteiger partial charge in [0.2, 0.25) is 0 Å². The fraction of sp³-hybridized carbons (Fsp3) is 0.268. The smallest absolute Gasteiger partial charge is 0.550 e. The zero-order chi connectivity index (χ0) is 34.0. The standard InChI is InChI=1S/C21H22O3.C20H20O3.Na/c1-4-7-18(14-21(22)23-3)17-10-12-20(13-11-17)24-15-19-9-6-5-8-16(19)2;1-3-6-17(13-20(21)22)16-9-11-19(12-10-16)23-14-18-8-5-4-7-15(18)2;/h5-6,8-13,18H,14-15H2,1-3H3;4-5,7-12,17H,13-14H2,1-2H3,(H,21,22);/q;;+1/p-1/t18-;17-;/m11./s1. The Morgan fingerprint density at radius 3 is 1.40 bits per heavy atom. The summed E-state index contributed by atoms with van der Waals surface area (Å²) in [5.74, 6) is 11.3.